The van der Waals surface area contributed by atoms with Gasteiger partial charge >= 0.3 is 6.03 Å². The van der Waals surface area contributed by atoms with Crippen LogP contribution in [-0.4, -0.2) is 34.4 Å². The molecule has 37 heavy (non-hydrogen) atoms. The number of carbonyl (C=O) groups is 2. The van der Waals surface area contributed by atoms with Crippen LogP contribution in [0.4, 0.5) is 16.2 Å². The first-order valence-corrected chi connectivity index (χ1v) is 13.4. The van der Waals surface area contributed by atoms with Gasteiger partial charge in [0.05, 0.1) is 29.9 Å². The molecule has 3 heterocycles. The number of benzene rings is 2. The number of rotatable bonds is 4. The number of urea groups is 1. The van der Waals surface area contributed by atoms with E-state index in [4.69, 9.17) is 0 Å². The molecule has 1 aliphatic carbocycles. The first-order valence-electron chi connectivity index (χ1n) is 13.4. The van der Waals surface area contributed by atoms with E-state index in [-0.39, 0.29) is 36.0 Å². The highest BCUT2D eigenvalue weighted by Crippen LogP contribution is 2.51. The van der Waals surface area contributed by atoms with E-state index in [1.54, 1.807) is 24.5 Å². The molecule has 0 radical (unpaired) electrons. The molecule has 5 atom stereocenters. The molecule has 1 saturated carbocycles. The summed E-state index contributed by atoms with van der Waals surface area (Å²) in [6.45, 7) is 0.735. The van der Waals surface area contributed by atoms with Crippen molar-refractivity contribution in [3.8, 4) is 0 Å². The first-order chi connectivity index (χ1) is 18.2. The van der Waals surface area contributed by atoms with Crippen molar-refractivity contribution in [3.63, 3.8) is 0 Å². The third kappa shape index (κ3) is 4.66. The van der Waals surface area contributed by atoms with Gasteiger partial charge < -0.3 is 20.9 Å². The fourth-order valence-corrected chi connectivity index (χ4v) is 6.55. The summed E-state index contributed by atoms with van der Waals surface area (Å²) in [6, 6.07) is 22.3. The zero-order chi connectivity index (χ0) is 25.2. The van der Waals surface area contributed by atoms with Gasteiger partial charge in [-0.25, -0.2) is 4.79 Å². The van der Waals surface area contributed by atoms with E-state index in [0.29, 0.717) is 11.6 Å². The van der Waals surface area contributed by atoms with Gasteiger partial charge in [0.2, 0.25) is 5.91 Å². The Morgan fingerprint density at radius 3 is 2.57 bits per heavy atom. The van der Waals surface area contributed by atoms with Crippen molar-refractivity contribution in [1.29, 1.82) is 0 Å². The maximum absolute atomic E-state index is 14.2. The van der Waals surface area contributed by atoms with E-state index in [9.17, 15) is 9.59 Å². The van der Waals surface area contributed by atoms with Crippen LogP contribution >= 0.6 is 0 Å². The number of hydrogen-bond acceptors (Lipinski definition) is 4. The van der Waals surface area contributed by atoms with Gasteiger partial charge in [0.1, 0.15) is 0 Å². The van der Waals surface area contributed by atoms with Gasteiger partial charge in [-0.2, -0.15) is 0 Å². The van der Waals surface area contributed by atoms with E-state index in [1.807, 2.05) is 6.07 Å². The predicted molar refractivity (Wildman–Crippen MR) is 144 cm³/mol. The molecular weight excluding hydrogens is 462 g/mol. The molecule has 2 aliphatic heterocycles. The van der Waals surface area contributed by atoms with Crippen LogP contribution in [-0.2, 0) is 4.79 Å². The number of aromatic nitrogens is 1. The zero-order valence-electron chi connectivity index (χ0n) is 20.8. The van der Waals surface area contributed by atoms with E-state index >= 15 is 0 Å². The topological polar surface area (TPSA) is 86.4 Å². The summed E-state index contributed by atoms with van der Waals surface area (Å²) >= 11 is 0. The average molecular weight is 496 g/mol. The number of hydrogen-bond donors (Lipinski definition) is 3. The number of pyridine rings is 1. The molecular formula is C30H33N5O2. The number of para-hydroxylation sites is 1. The van der Waals surface area contributed by atoms with E-state index in [0.717, 1.165) is 44.3 Å². The lowest BCUT2D eigenvalue weighted by atomic mass is 9.79. The van der Waals surface area contributed by atoms with Crippen LogP contribution in [0.5, 0.6) is 0 Å². The molecule has 190 valence electrons. The van der Waals surface area contributed by atoms with Crippen LogP contribution in [0.2, 0.25) is 0 Å². The number of amides is 3. The number of carbonyl (C=O) groups excluding carboxylic acids is 2. The van der Waals surface area contributed by atoms with Crippen molar-refractivity contribution in [2.24, 2.45) is 11.8 Å². The minimum absolute atomic E-state index is 0.0296. The van der Waals surface area contributed by atoms with Crippen LogP contribution in [0.15, 0.2) is 79.1 Å². The summed E-state index contributed by atoms with van der Waals surface area (Å²) in [5, 5.41) is 9.74. The van der Waals surface area contributed by atoms with E-state index < -0.39 is 0 Å². The number of nitrogens with zero attached hydrogens (tertiary/aromatic N) is 2. The monoisotopic (exact) mass is 495 g/mol. The summed E-state index contributed by atoms with van der Waals surface area (Å²) < 4.78 is 0. The van der Waals surface area contributed by atoms with Crippen LogP contribution in [0, 0.1) is 11.8 Å². The van der Waals surface area contributed by atoms with Crippen LogP contribution in [0.3, 0.4) is 0 Å². The minimum atomic E-state index is -0.284. The molecule has 0 unspecified atom stereocenters. The second-order valence-electron chi connectivity index (χ2n) is 10.4. The second kappa shape index (κ2) is 10.2. The minimum Gasteiger partial charge on any atom is -0.378 e. The molecule has 3 aromatic rings. The molecule has 7 heteroatoms. The largest absolute Gasteiger partial charge is 0.378 e. The maximum Gasteiger partial charge on any atom is 0.319 e. The van der Waals surface area contributed by atoms with Crippen molar-refractivity contribution in [2.45, 2.75) is 50.2 Å². The summed E-state index contributed by atoms with van der Waals surface area (Å²) in [5.74, 6) is 0.247. The summed E-state index contributed by atoms with van der Waals surface area (Å²) in [5.41, 5.74) is 4.19. The lowest BCUT2D eigenvalue weighted by molar-refractivity contribution is -0.138. The predicted octanol–water partition coefficient (Wildman–Crippen LogP) is 5.52. The Morgan fingerprint density at radius 2 is 1.73 bits per heavy atom. The average Bonchev–Trinajstić information content (AvgIpc) is 3.39. The van der Waals surface area contributed by atoms with Gasteiger partial charge in [0.25, 0.3) is 0 Å². The van der Waals surface area contributed by atoms with Crippen molar-refractivity contribution < 1.29 is 9.59 Å². The smallest absolute Gasteiger partial charge is 0.319 e. The Kier molecular flexibility index (Phi) is 6.51. The molecule has 6 rings (SSSR count). The lowest BCUT2D eigenvalue weighted by Crippen LogP contribution is -2.51. The van der Waals surface area contributed by atoms with E-state index in [2.05, 4.69) is 74.4 Å². The van der Waals surface area contributed by atoms with Crippen molar-refractivity contribution in [1.82, 2.24) is 15.2 Å². The molecule has 3 amide bonds. The third-order valence-corrected chi connectivity index (χ3v) is 8.22. The second-order valence-corrected chi connectivity index (χ2v) is 10.4. The van der Waals surface area contributed by atoms with E-state index in [1.165, 1.54) is 11.1 Å². The number of fused-ring (bicyclic) bond motifs is 3. The Bertz CT molecular complexity index is 1250. The third-order valence-electron chi connectivity index (χ3n) is 8.22. The SMILES string of the molecule is O=C(Nc1cccnc1)N[C@@H]1CCCC[C@@H]1C(=O)N1CC[C@@H]2[C@H](c3ccccc3)Nc3ccccc3[C@@H]21. The maximum atomic E-state index is 14.2. The fourth-order valence-electron chi connectivity index (χ4n) is 6.55. The van der Waals surface area contributed by atoms with Crippen LogP contribution in [0.25, 0.3) is 0 Å². The number of likely N-dealkylation sites (tertiary alicyclic amines) is 1. The lowest BCUT2D eigenvalue weighted by Gasteiger charge is -2.42. The normalized spacial score (nSPS) is 26.4. The van der Waals surface area contributed by atoms with Crippen molar-refractivity contribution in [3.05, 3.63) is 90.3 Å². The highest BCUT2D eigenvalue weighted by Gasteiger charge is 2.48. The van der Waals surface area contributed by atoms with Gasteiger partial charge in [0, 0.05) is 30.4 Å². The highest BCUT2D eigenvalue weighted by atomic mass is 16.2. The van der Waals surface area contributed by atoms with Gasteiger partial charge in [-0.1, -0.05) is 61.4 Å². The zero-order valence-corrected chi connectivity index (χ0v) is 20.8. The van der Waals surface area contributed by atoms with Gasteiger partial charge in [-0.15, -0.1) is 0 Å². The molecule has 7 nitrogen and oxygen atoms in total. The highest BCUT2D eigenvalue weighted by molar-refractivity contribution is 5.90. The molecule has 0 spiro atoms. The molecule has 3 aliphatic rings. The van der Waals surface area contributed by atoms with Crippen molar-refractivity contribution in [2.75, 3.05) is 17.2 Å². The molecule has 2 aromatic carbocycles. The number of anilines is 2. The van der Waals surface area contributed by atoms with Gasteiger partial charge in [-0.3, -0.25) is 9.78 Å². The fraction of sp³-hybridized carbons (Fsp3) is 0.367. The Balaban J connectivity index is 1.24. The summed E-state index contributed by atoms with van der Waals surface area (Å²) in [7, 11) is 0. The van der Waals surface area contributed by atoms with Crippen LogP contribution < -0.4 is 16.0 Å². The Hall–Kier alpha value is -3.87. The first kappa shape index (κ1) is 23.5. The quantitative estimate of drug-likeness (QED) is 0.445. The molecule has 1 saturated heterocycles. The molecule has 0 bridgehead atoms. The molecule has 3 N–H and O–H groups in total. The van der Waals surface area contributed by atoms with Gasteiger partial charge in [0.15, 0.2) is 0 Å². The van der Waals surface area contributed by atoms with Gasteiger partial charge in [-0.05, 0) is 48.6 Å². The standard InChI is InChI=1S/C30H33N5O2/c36-29(23-13-5-7-15-26(23)34-30(37)32-21-11-8-17-31-19-21)35-18-16-24-27(20-9-2-1-3-10-20)33-25-14-6-4-12-22(25)28(24)35/h1-4,6,8-12,14,17,19,23-24,26-28,33H,5,7,13,15-16,18H2,(H2,32,34,37)/t23-,24+,26+,27-,28-/m0/s1. The van der Waals surface area contributed by atoms with Crippen LogP contribution in [0.1, 0.15) is 55.3 Å². The number of nitrogens with one attached hydrogen (secondary N) is 3. The summed E-state index contributed by atoms with van der Waals surface area (Å²) in [6.07, 6.45) is 7.86. The van der Waals surface area contributed by atoms with Crippen molar-refractivity contribution >= 4 is 23.3 Å². The molecule has 2 fully saturated rings. The Labute approximate surface area is 217 Å². The Morgan fingerprint density at radius 1 is 0.919 bits per heavy atom. The molecule has 1 aromatic heterocycles. The summed E-state index contributed by atoms with van der Waals surface area (Å²) in [4.78, 5) is 33.1.